The molecule has 5 nitrogen and oxygen atoms in total. The van der Waals surface area contributed by atoms with Crippen LogP contribution in [0.15, 0.2) is 224 Å². The Balaban J connectivity index is 0.992. The van der Waals surface area contributed by atoms with E-state index in [4.69, 9.17) is 24.4 Å². The van der Waals surface area contributed by atoms with Crippen LogP contribution in [0, 0.1) is 0 Å². The number of rotatable bonds is 7. The Morgan fingerprint density at radius 2 is 0.794 bits per heavy atom. The average Bonchev–Trinajstić information content (AvgIpc) is 3.65. The first-order valence-electron chi connectivity index (χ1n) is 21.2. The number of hydrogen-bond acceptors (Lipinski definition) is 5. The number of ether oxygens (including phenoxy) is 2. The molecule has 63 heavy (non-hydrogen) atoms. The van der Waals surface area contributed by atoms with E-state index in [2.05, 4.69) is 164 Å². The smallest absolute Gasteiger partial charge is 0.177 e. The lowest BCUT2D eigenvalue weighted by atomic mass is 9.67. The van der Waals surface area contributed by atoms with Crippen LogP contribution in [0.1, 0.15) is 22.3 Å². The molecule has 0 atom stereocenters. The molecule has 0 radical (unpaired) electrons. The van der Waals surface area contributed by atoms with Crippen LogP contribution in [0.5, 0.6) is 23.0 Å². The molecule has 0 fully saturated rings. The van der Waals surface area contributed by atoms with Crippen molar-refractivity contribution < 1.29 is 9.47 Å². The van der Waals surface area contributed by atoms with Crippen molar-refractivity contribution in [2.24, 2.45) is 0 Å². The quantitative estimate of drug-likeness (QED) is 0.161. The Kier molecular flexibility index (Phi) is 8.64. The summed E-state index contributed by atoms with van der Waals surface area (Å²) >= 11 is 0. The van der Waals surface area contributed by atoms with E-state index in [0.29, 0.717) is 40.5 Å². The minimum absolute atomic E-state index is 0.557. The van der Waals surface area contributed by atoms with Crippen molar-refractivity contribution in [3.8, 4) is 90.5 Å². The third-order valence-electron chi connectivity index (χ3n) is 12.3. The Hall–Kier alpha value is -8.41. The molecule has 0 saturated heterocycles. The lowest BCUT2D eigenvalue weighted by Gasteiger charge is -2.34. The van der Waals surface area contributed by atoms with Crippen LogP contribution in [-0.2, 0) is 5.41 Å². The number of aromatic nitrogens is 3. The Morgan fingerprint density at radius 3 is 1.51 bits per heavy atom. The van der Waals surface area contributed by atoms with E-state index in [0.717, 1.165) is 50.1 Å². The fourth-order valence-corrected chi connectivity index (χ4v) is 9.47. The van der Waals surface area contributed by atoms with E-state index in [1.165, 1.54) is 22.3 Å². The van der Waals surface area contributed by atoms with E-state index in [9.17, 15) is 0 Å². The maximum absolute atomic E-state index is 7.04. The summed E-state index contributed by atoms with van der Waals surface area (Å²) in [4.78, 5) is 15.4. The Morgan fingerprint density at radius 1 is 0.286 bits per heavy atom. The first kappa shape index (κ1) is 36.4. The third kappa shape index (κ3) is 6.05. The molecule has 296 valence electrons. The lowest BCUT2D eigenvalue weighted by molar-refractivity contribution is 0.360. The van der Waals surface area contributed by atoms with Gasteiger partial charge in [-0.05, 0) is 74.3 Å². The van der Waals surface area contributed by atoms with Gasteiger partial charge in [-0.1, -0.05) is 200 Å². The van der Waals surface area contributed by atoms with Gasteiger partial charge < -0.3 is 9.47 Å². The summed E-state index contributed by atoms with van der Waals surface area (Å²) in [6, 6.07) is 77.8. The predicted octanol–water partition coefficient (Wildman–Crippen LogP) is 14.5. The topological polar surface area (TPSA) is 57.1 Å². The maximum Gasteiger partial charge on any atom is 0.177 e. The van der Waals surface area contributed by atoms with E-state index in [-0.39, 0.29) is 0 Å². The normalized spacial score (nSPS) is 12.8. The van der Waals surface area contributed by atoms with Gasteiger partial charge in [0, 0.05) is 22.3 Å². The van der Waals surface area contributed by atoms with Crippen molar-refractivity contribution in [1.29, 1.82) is 0 Å². The molecule has 0 saturated carbocycles. The highest BCUT2D eigenvalue weighted by atomic mass is 16.6. The lowest BCUT2D eigenvalue weighted by Crippen LogP contribution is -2.28. The standard InChI is InChI=1S/C58H37N3O2/c1-5-19-38(20-6-1)40-23-17-24-41(35-40)56-59-55(39-21-7-2-8-22-39)60-57(61-56)47-31-14-13-29-44(47)46-32-18-34-51-54(46)63-52-36-48-45-30-15-16-33-49(45)58(42-25-9-3-10-26-42,43-27-11-4-12-28-43)50(48)37-53(52)62-51/h1-37H. The van der Waals surface area contributed by atoms with Gasteiger partial charge in [-0.2, -0.15) is 0 Å². The Labute approximate surface area is 365 Å². The number of hydrogen-bond donors (Lipinski definition) is 0. The molecule has 0 bridgehead atoms. The summed E-state index contributed by atoms with van der Waals surface area (Å²) in [7, 11) is 0. The number of fused-ring (bicyclic) bond motifs is 5. The minimum Gasteiger partial charge on any atom is -0.449 e. The highest BCUT2D eigenvalue weighted by Crippen LogP contribution is 2.60. The highest BCUT2D eigenvalue weighted by molar-refractivity contribution is 5.90. The molecular weight excluding hydrogens is 771 g/mol. The monoisotopic (exact) mass is 807 g/mol. The van der Waals surface area contributed by atoms with Crippen LogP contribution in [0.25, 0.3) is 67.5 Å². The van der Waals surface area contributed by atoms with Gasteiger partial charge in [-0.3, -0.25) is 0 Å². The minimum atomic E-state index is -0.557. The molecule has 9 aromatic carbocycles. The number of para-hydroxylation sites is 1. The van der Waals surface area contributed by atoms with Crippen LogP contribution in [-0.4, -0.2) is 15.0 Å². The van der Waals surface area contributed by atoms with Crippen LogP contribution in [0.4, 0.5) is 0 Å². The summed E-state index contributed by atoms with van der Waals surface area (Å²) in [5.74, 6) is 4.33. The van der Waals surface area contributed by atoms with Crippen molar-refractivity contribution in [3.05, 3.63) is 247 Å². The molecule has 0 N–H and O–H groups in total. The molecule has 1 aliphatic heterocycles. The maximum atomic E-state index is 7.04. The first-order chi connectivity index (χ1) is 31.2. The molecule has 5 heteroatoms. The summed E-state index contributed by atoms with van der Waals surface area (Å²) in [5, 5.41) is 0. The highest BCUT2D eigenvalue weighted by Gasteiger charge is 2.47. The van der Waals surface area contributed by atoms with Crippen molar-refractivity contribution in [1.82, 2.24) is 15.0 Å². The summed E-state index contributed by atoms with van der Waals surface area (Å²) in [6.45, 7) is 0. The van der Waals surface area contributed by atoms with Crippen LogP contribution in [0.2, 0.25) is 0 Å². The average molecular weight is 808 g/mol. The van der Waals surface area contributed by atoms with Crippen molar-refractivity contribution in [2.75, 3.05) is 0 Å². The zero-order valence-electron chi connectivity index (χ0n) is 34.0. The predicted molar refractivity (Wildman–Crippen MR) is 251 cm³/mol. The molecule has 2 aliphatic rings. The van der Waals surface area contributed by atoms with E-state index in [1.54, 1.807) is 0 Å². The molecule has 12 rings (SSSR count). The zero-order chi connectivity index (χ0) is 41.7. The molecule has 0 spiro atoms. The van der Waals surface area contributed by atoms with Crippen molar-refractivity contribution in [2.45, 2.75) is 5.41 Å². The van der Waals surface area contributed by atoms with Gasteiger partial charge in [0.25, 0.3) is 0 Å². The zero-order valence-corrected chi connectivity index (χ0v) is 34.0. The molecule has 10 aromatic rings. The second-order valence-corrected chi connectivity index (χ2v) is 15.9. The molecule has 1 aromatic heterocycles. The summed E-state index contributed by atoms with van der Waals surface area (Å²) < 4.78 is 13.9. The molecule has 2 heterocycles. The molecule has 0 unspecified atom stereocenters. The summed E-state index contributed by atoms with van der Waals surface area (Å²) in [5.41, 5.74) is 13.1. The first-order valence-corrected chi connectivity index (χ1v) is 21.2. The van der Waals surface area contributed by atoms with Crippen molar-refractivity contribution in [3.63, 3.8) is 0 Å². The van der Waals surface area contributed by atoms with E-state index < -0.39 is 5.41 Å². The fraction of sp³-hybridized carbons (Fsp3) is 0.0172. The van der Waals surface area contributed by atoms with E-state index >= 15 is 0 Å². The van der Waals surface area contributed by atoms with Gasteiger partial charge in [0.05, 0.1) is 5.41 Å². The number of nitrogens with zero attached hydrogens (tertiary/aromatic N) is 3. The van der Waals surface area contributed by atoms with Crippen LogP contribution in [0.3, 0.4) is 0 Å². The second kappa shape index (κ2) is 14.9. The van der Waals surface area contributed by atoms with Crippen LogP contribution >= 0.6 is 0 Å². The second-order valence-electron chi connectivity index (χ2n) is 15.9. The SMILES string of the molecule is c1ccc(-c2cccc(-c3nc(-c4ccccc4)nc(-c4ccccc4-c4cccc5c4Oc4cc6c(cc4O5)C(c4ccccc4)(c4ccccc4)c4ccccc4-6)n3)c2)cc1. The van der Waals surface area contributed by atoms with Gasteiger partial charge in [0.1, 0.15) is 0 Å². The molecule has 0 amide bonds. The molecule has 1 aliphatic carbocycles. The number of benzene rings is 9. The fourth-order valence-electron chi connectivity index (χ4n) is 9.47. The van der Waals surface area contributed by atoms with Gasteiger partial charge in [-0.15, -0.1) is 0 Å². The van der Waals surface area contributed by atoms with E-state index in [1.807, 2.05) is 60.7 Å². The van der Waals surface area contributed by atoms with Gasteiger partial charge in [0.15, 0.2) is 40.5 Å². The van der Waals surface area contributed by atoms with Gasteiger partial charge >= 0.3 is 0 Å². The third-order valence-corrected chi connectivity index (χ3v) is 12.3. The molecular formula is C58H37N3O2. The van der Waals surface area contributed by atoms with Gasteiger partial charge in [-0.25, -0.2) is 15.0 Å². The Bertz CT molecular complexity index is 3300. The van der Waals surface area contributed by atoms with Crippen LogP contribution < -0.4 is 9.47 Å². The van der Waals surface area contributed by atoms with Crippen molar-refractivity contribution >= 4 is 0 Å². The largest absolute Gasteiger partial charge is 0.449 e. The van der Waals surface area contributed by atoms with Gasteiger partial charge in [0.2, 0.25) is 0 Å². The summed E-state index contributed by atoms with van der Waals surface area (Å²) in [6.07, 6.45) is 0.